The van der Waals surface area contributed by atoms with Crippen molar-refractivity contribution in [2.45, 2.75) is 0 Å². The molecule has 0 saturated heterocycles. The van der Waals surface area contributed by atoms with Gasteiger partial charge < -0.3 is 5.32 Å². The summed E-state index contributed by atoms with van der Waals surface area (Å²) in [4.78, 5) is 8.66. The zero-order valence-electron chi connectivity index (χ0n) is 11.2. The lowest BCUT2D eigenvalue weighted by Gasteiger charge is -2.09. The second-order valence-electron chi connectivity index (χ2n) is 4.52. The molecule has 3 aromatic rings. The molecular formula is C16H10BrClFN3. The minimum atomic E-state index is -0.323. The molecule has 0 radical (unpaired) electrons. The molecule has 0 aliphatic rings. The highest BCUT2D eigenvalue weighted by molar-refractivity contribution is 9.10. The highest BCUT2D eigenvalue weighted by Crippen LogP contribution is 2.25. The normalized spacial score (nSPS) is 10.5. The minimum absolute atomic E-state index is 0.323. The minimum Gasteiger partial charge on any atom is -0.340 e. The van der Waals surface area contributed by atoms with Crippen LogP contribution in [0.3, 0.4) is 0 Å². The van der Waals surface area contributed by atoms with E-state index in [1.54, 1.807) is 18.2 Å². The summed E-state index contributed by atoms with van der Waals surface area (Å²) in [7, 11) is 0. The number of hydrogen-bond donors (Lipinski definition) is 1. The van der Waals surface area contributed by atoms with Crippen molar-refractivity contribution in [2.75, 3.05) is 5.32 Å². The third-order valence-corrected chi connectivity index (χ3v) is 3.72. The van der Waals surface area contributed by atoms with Gasteiger partial charge in [0.15, 0.2) is 5.82 Å². The number of benzene rings is 2. The van der Waals surface area contributed by atoms with Gasteiger partial charge in [0.1, 0.15) is 16.8 Å². The smallest absolute Gasteiger partial charge is 0.163 e. The van der Waals surface area contributed by atoms with Crippen molar-refractivity contribution in [1.82, 2.24) is 9.97 Å². The Labute approximate surface area is 140 Å². The van der Waals surface area contributed by atoms with Crippen molar-refractivity contribution in [2.24, 2.45) is 0 Å². The average Bonchev–Trinajstić information content (AvgIpc) is 2.51. The molecule has 0 aliphatic carbocycles. The molecule has 0 unspecified atom stereocenters. The Morgan fingerprint density at radius 3 is 2.50 bits per heavy atom. The summed E-state index contributed by atoms with van der Waals surface area (Å²) in [5, 5.41) is 3.42. The Bertz CT molecular complexity index is 812. The van der Waals surface area contributed by atoms with E-state index in [1.807, 2.05) is 30.3 Å². The van der Waals surface area contributed by atoms with Gasteiger partial charge in [-0.05, 0) is 34.1 Å². The van der Waals surface area contributed by atoms with Gasteiger partial charge in [-0.15, -0.1) is 0 Å². The third-order valence-electron chi connectivity index (χ3n) is 2.92. The van der Waals surface area contributed by atoms with Crippen molar-refractivity contribution in [3.05, 3.63) is 70.0 Å². The van der Waals surface area contributed by atoms with E-state index in [0.29, 0.717) is 27.0 Å². The first-order valence-electron chi connectivity index (χ1n) is 6.44. The fraction of sp³-hybridized carbons (Fsp3) is 0. The molecule has 0 saturated carbocycles. The maximum absolute atomic E-state index is 13.3. The fourth-order valence-corrected chi connectivity index (χ4v) is 2.48. The largest absolute Gasteiger partial charge is 0.340 e. The third kappa shape index (κ3) is 3.43. The van der Waals surface area contributed by atoms with E-state index in [0.717, 1.165) is 5.56 Å². The van der Waals surface area contributed by atoms with Crippen LogP contribution in [0, 0.1) is 5.82 Å². The average molecular weight is 379 g/mol. The molecule has 1 aromatic heterocycles. The number of halogens is 3. The lowest BCUT2D eigenvalue weighted by molar-refractivity contribution is 0.621. The molecule has 0 atom stereocenters. The van der Waals surface area contributed by atoms with E-state index in [1.165, 1.54) is 6.07 Å². The Kier molecular flexibility index (Phi) is 4.36. The molecule has 0 bridgehead atoms. The van der Waals surface area contributed by atoms with Crippen LogP contribution in [0.25, 0.3) is 11.4 Å². The van der Waals surface area contributed by atoms with E-state index in [4.69, 9.17) is 11.6 Å². The Balaban J connectivity index is 1.94. The molecular weight excluding hydrogens is 369 g/mol. The number of aromatic nitrogens is 2. The first-order valence-corrected chi connectivity index (χ1v) is 7.61. The summed E-state index contributed by atoms with van der Waals surface area (Å²) in [5.74, 6) is 0.741. The topological polar surface area (TPSA) is 37.8 Å². The summed E-state index contributed by atoms with van der Waals surface area (Å²) in [5.41, 5.74) is 1.57. The van der Waals surface area contributed by atoms with Crippen molar-refractivity contribution >= 4 is 39.0 Å². The van der Waals surface area contributed by atoms with E-state index >= 15 is 0 Å². The Morgan fingerprint density at radius 2 is 1.77 bits per heavy atom. The Hall–Kier alpha value is -1.98. The van der Waals surface area contributed by atoms with Gasteiger partial charge in [0, 0.05) is 17.3 Å². The first-order chi connectivity index (χ1) is 10.6. The van der Waals surface area contributed by atoms with Crippen molar-refractivity contribution in [3.8, 4) is 11.4 Å². The van der Waals surface area contributed by atoms with Crippen LogP contribution in [0.15, 0.2) is 59.1 Å². The zero-order valence-corrected chi connectivity index (χ0v) is 13.6. The van der Waals surface area contributed by atoms with Gasteiger partial charge in [0.2, 0.25) is 0 Å². The number of rotatable bonds is 3. The van der Waals surface area contributed by atoms with Crippen LogP contribution in [-0.2, 0) is 0 Å². The monoisotopic (exact) mass is 377 g/mol. The molecule has 110 valence electrons. The van der Waals surface area contributed by atoms with Gasteiger partial charge in [-0.3, -0.25) is 0 Å². The second-order valence-corrected chi connectivity index (χ2v) is 5.76. The number of anilines is 2. The van der Waals surface area contributed by atoms with Crippen LogP contribution >= 0.6 is 27.5 Å². The van der Waals surface area contributed by atoms with Gasteiger partial charge in [0.25, 0.3) is 0 Å². The van der Waals surface area contributed by atoms with E-state index in [9.17, 15) is 4.39 Å². The number of nitrogens with one attached hydrogen (secondary N) is 1. The summed E-state index contributed by atoms with van der Waals surface area (Å²) in [6, 6.07) is 15.8. The maximum Gasteiger partial charge on any atom is 0.163 e. The second kappa shape index (κ2) is 6.42. The molecule has 1 heterocycles. The van der Waals surface area contributed by atoms with Gasteiger partial charge in [-0.25, -0.2) is 14.4 Å². The molecule has 3 nitrogen and oxygen atoms in total. The predicted molar refractivity (Wildman–Crippen MR) is 89.9 cm³/mol. The number of nitrogens with zero attached hydrogens (tertiary/aromatic N) is 2. The molecule has 0 fully saturated rings. The van der Waals surface area contributed by atoms with Gasteiger partial charge >= 0.3 is 0 Å². The van der Waals surface area contributed by atoms with Crippen LogP contribution in [0.1, 0.15) is 0 Å². The van der Waals surface area contributed by atoms with Crippen molar-refractivity contribution in [3.63, 3.8) is 0 Å². The van der Waals surface area contributed by atoms with Crippen LogP contribution in [0.5, 0.6) is 0 Å². The summed E-state index contributed by atoms with van der Waals surface area (Å²) in [6.07, 6.45) is 0. The van der Waals surface area contributed by atoms with Crippen molar-refractivity contribution in [1.29, 1.82) is 0 Å². The molecule has 2 aromatic carbocycles. The molecule has 22 heavy (non-hydrogen) atoms. The number of hydrogen-bond acceptors (Lipinski definition) is 3. The van der Waals surface area contributed by atoms with Crippen LogP contribution < -0.4 is 5.32 Å². The molecule has 1 N–H and O–H groups in total. The predicted octanol–water partition coefficient (Wildman–Crippen LogP) is 5.44. The summed E-state index contributed by atoms with van der Waals surface area (Å²) in [6.45, 7) is 0. The molecule has 0 amide bonds. The SMILES string of the molecule is Fc1ccc(Nc2cc(Cl)nc(-c3ccccc3)n2)cc1Br. The Morgan fingerprint density at radius 1 is 1.00 bits per heavy atom. The van der Waals surface area contributed by atoms with Gasteiger partial charge in [-0.1, -0.05) is 41.9 Å². The summed E-state index contributed by atoms with van der Waals surface area (Å²) < 4.78 is 13.6. The maximum atomic E-state index is 13.3. The first kappa shape index (κ1) is 14.9. The van der Waals surface area contributed by atoms with Crippen LogP contribution in [0.4, 0.5) is 15.9 Å². The molecule has 0 aliphatic heterocycles. The zero-order chi connectivity index (χ0) is 15.5. The van der Waals surface area contributed by atoms with Gasteiger partial charge in [-0.2, -0.15) is 0 Å². The van der Waals surface area contributed by atoms with Crippen LogP contribution in [-0.4, -0.2) is 9.97 Å². The lowest BCUT2D eigenvalue weighted by atomic mass is 10.2. The van der Waals surface area contributed by atoms with E-state index < -0.39 is 0 Å². The highest BCUT2D eigenvalue weighted by Gasteiger charge is 2.07. The van der Waals surface area contributed by atoms with E-state index in [-0.39, 0.29) is 5.82 Å². The van der Waals surface area contributed by atoms with Crippen molar-refractivity contribution < 1.29 is 4.39 Å². The molecule has 6 heteroatoms. The fourth-order valence-electron chi connectivity index (χ4n) is 1.92. The van der Waals surface area contributed by atoms with Gasteiger partial charge in [0.05, 0.1) is 4.47 Å². The van der Waals surface area contributed by atoms with Crippen LogP contribution in [0.2, 0.25) is 5.15 Å². The van der Waals surface area contributed by atoms with E-state index in [2.05, 4.69) is 31.2 Å². The lowest BCUT2D eigenvalue weighted by Crippen LogP contribution is -1.98. The summed E-state index contributed by atoms with van der Waals surface area (Å²) >= 11 is 9.21. The quantitative estimate of drug-likeness (QED) is 0.616. The molecule has 0 spiro atoms. The standard InChI is InChI=1S/C16H10BrClFN3/c17-12-8-11(6-7-13(12)19)20-15-9-14(18)21-16(22-15)10-4-2-1-3-5-10/h1-9H,(H,20,21,22). The molecule has 3 rings (SSSR count). The highest BCUT2D eigenvalue weighted by atomic mass is 79.9.